The number of rotatable bonds is 5. The molecule has 1 aromatic carbocycles. The number of hydrogen-bond acceptors (Lipinski definition) is 4. The number of carbonyl (C=O) groups is 1. The molecule has 0 saturated heterocycles. The van der Waals surface area contributed by atoms with Crippen molar-refractivity contribution in [1.82, 2.24) is 0 Å². The van der Waals surface area contributed by atoms with Gasteiger partial charge in [-0.05, 0) is 24.6 Å². The fourth-order valence-corrected chi connectivity index (χ4v) is 1.75. The lowest BCUT2D eigenvalue weighted by Crippen LogP contribution is -2.13. The van der Waals surface area contributed by atoms with E-state index in [0.29, 0.717) is 11.4 Å². The molecule has 0 bridgehead atoms. The van der Waals surface area contributed by atoms with E-state index in [1.165, 1.54) is 6.92 Å². The first kappa shape index (κ1) is 14.4. The number of amides is 1. The van der Waals surface area contributed by atoms with Crippen LogP contribution in [0, 0.1) is 6.92 Å². The predicted octanol–water partition coefficient (Wildman–Crippen LogP) is 1.66. The highest BCUT2D eigenvalue weighted by molar-refractivity contribution is 7.86. The molecule has 7 heteroatoms. The van der Waals surface area contributed by atoms with E-state index in [1.54, 1.807) is 18.2 Å². The van der Waals surface area contributed by atoms with Crippen molar-refractivity contribution in [2.75, 3.05) is 22.9 Å². The molecule has 0 spiro atoms. The summed E-state index contributed by atoms with van der Waals surface area (Å²) in [6.45, 7) is 3.19. The number of carbonyl (C=O) groups excluding carboxylic acids is 1. The third-order valence-corrected chi connectivity index (χ3v) is 2.91. The van der Waals surface area contributed by atoms with E-state index >= 15 is 0 Å². The van der Waals surface area contributed by atoms with Gasteiger partial charge in [0.25, 0.3) is 0 Å². The molecular weight excluding hydrogens is 259 g/mol. The van der Waals surface area contributed by atoms with Crippen molar-refractivity contribution < 1.29 is 17.1 Å². The van der Waals surface area contributed by atoms with Gasteiger partial charge in [0.05, 0.1) is 5.75 Å². The average Bonchev–Trinajstić information content (AvgIpc) is 2.20. The number of anilines is 2. The van der Waals surface area contributed by atoms with Crippen LogP contribution in [-0.2, 0) is 15.0 Å². The van der Waals surface area contributed by atoms with E-state index in [9.17, 15) is 17.1 Å². The molecule has 0 fully saturated rings. The minimum Gasteiger partial charge on any atom is -0.384 e. The highest BCUT2D eigenvalue weighted by atomic mass is 32.3. The molecule has 0 aliphatic carbocycles. The van der Waals surface area contributed by atoms with Gasteiger partial charge in [-0.1, -0.05) is 6.07 Å². The third kappa shape index (κ3) is 5.13. The lowest BCUT2D eigenvalue weighted by molar-refractivity contribution is -0.114. The molecule has 1 rings (SSSR count). The Hall–Kier alpha value is -1.63. The van der Waals surface area contributed by atoms with Gasteiger partial charge in [0.2, 0.25) is 5.91 Å². The molecule has 0 saturated carbocycles. The zero-order valence-electron chi connectivity index (χ0n) is 10.2. The molecule has 0 atom stereocenters. The first-order valence-electron chi connectivity index (χ1n) is 5.32. The van der Waals surface area contributed by atoms with Crippen LogP contribution in [-0.4, -0.2) is 26.6 Å². The van der Waals surface area contributed by atoms with Crippen LogP contribution < -0.4 is 10.6 Å². The van der Waals surface area contributed by atoms with Gasteiger partial charge < -0.3 is 10.6 Å². The van der Waals surface area contributed by atoms with E-state index in [-0.39, 0.29) is 12.5 Å². The zero-order valence-corrected chi connectivity index (χ0v) is 11.0. The summed E-state index contributed by atoms with van der Waals surface area (Å²) in [6.07, 6.45) is 0. The Balaban J connectivity index is 2.72. The van der Waals surface area contributed by atoms with Crippen molar-refractivity contribution in [3.05, 3.63) is 23.8 Å². The average molecular weight is 274 g/mol. The molecule has 0 heterocycles. The summed E-state index contributed by atoms with van der Waals surface area (Å²) in [5, 5.41) is 5.42. The smallest absolute Gasteiger partial charge is 0.304 e. The Morgan fingerprint density at radius 1 is 1.39 bits per heavy atom. The van der Waals surface area contributed by atoms with Gasteiger partial charge in [-0.15, -0.1) is 3.89 Å². The summed E-state index contributed by atoms with van der Waals surface area (Å²) in [7, 11) is -4.47. The molecule has 18 heavy (non-hydrogen) atoms. The summed E-state index contributed by atoms with van der Waals surface area (Å²) in [5.74, 6) is -0.785. The quantitative estimate of drug-likeness (QED) is 0.801. The summed E-state index contributed by atoms with van der Waals surface area (Å²) in [6, 6.07) is 5.17. The van der Waals surface area contributed by atoms with Crippen LogP contribution in [0.3, 0.4) is 0 Å². The third-order valence-electron chi connectivity index (χ3n) is 2.22. The Morgan fingerprint density at radius 3 is 2.61 bits per heavy atom. The molecule has 0 aliphatic heterocycles. The van der Waals surface area contributed by atoms with E-state index in [0.717, 1.165) is 5.56 Å². The maximum atomic E-state index is 12.3. The van der Waals surface area contributed by atoms with Crippen molar-refractivity contribution >= 4 is 27.5 Å². The normalized spacial score (nSPS) is 11.1. The number of halogens is 1. The van der Waals surface area contributed by atoms with Gasteiger partial charge in [-0.25, -0.2) is 0 Å². The largest absolute Gasteiger partial charge is 0.384 e. The van der Waals surface area contributed by atoms with E-state index in [1.807, 2.05) is 6.92 Å². The van der Waals surface area contributed by atoms with Crippen LogP contribution in [0.1, 0.15) is 12.5 Å². The molecule has 0 aromatic heterocycles. The maximum Gasteiger partial charge on any atom is 0.304 e. The Bertz CT molecular complexity index is 543. The zero-order chi connectivity index (χ0) is 13.8. The van der Waals surface area contributed by atoms with Crippen molar-refractivity contribution in [1.29, 1.82) is 0 Å². The van der Waals surface area contributed by atoms with Gasteiger partial charge in [0.15, 0.2) is 0 Å². The molecule has 100 valence electrons. The van der Waals surface area contributed by atoms with Crippen LogP contribution in [0.25, 0.3) is 0 Å². The van der Waals surface area contributed by atoms with Crippen LogP contribution in [0.15, 0.2) is 18.2 Å². The van der Waals surface area contributed by atoms with Crippen LogP contribution in [0.2, 0.25) is 0 Å². The summed E-state index contributed by atoms with van der Waals surface area (Å²) < 4.78 is 33.0. The summed E-state index contributed by atoms with van der Waals surface area (Å²) >= 11 is 0. The monoisotopic (exact) mass is 274 g/mol. The summed E-state index contributed by atoms with van der Waals surface area (Å²) in [4.78, 5) is 10.9. The van der Waals surface area contributed by atoms with Gasteiger partial charge in [-0.2, -0.15) is 8.42 Å². The number of aryl methyl sites for hydroxylation is 1. The van der Waals surface area contributed by atoms with E-state index in [2.05, 4.69) is 10.6 Å². The molecule has 2 N–H and O–H groups in total. The van der Waals surface area contributed by atoms with Gasteiger partial charge >= 0.3 is 10.2 Å². The molecular formula is C11H15FN2O3S. The van der Waals surface area contributed by atoms with Crippen molar-refractivity contribution in [3.63, 3.8) is 0 Å². The topological polar surface area (TPSA) is 75.3 Å². The molecule has 0 unspecified atom stereocenters. The highest BCUT2D eigenvalue weighted by Crippen LogP contribution is 2.20. The Kier molecular flexibility index (Phi) is 4.66. The second-order valence-electron chi connectivity index (χ2n) is 3.88. The van der Waals surface area contributed by atoms with E-state index < -0.39 is 16.0 Å². The van der Waals surface area contributed by atoms with E-state index in [4.69, 9.17) is 0 Å². The van der Waals surface area contributed by atoms with Gasteiger partial charge in [0.1, 0.15) is 0 Å². The fraction of sp³-hybridized carbons (Fsp3) is 0.364. The van der Waals surface area contributed by atoms with Crippen molar-refractivity contribution in [3.8, 4) is 0 Å². The Morgan fingerprint density at radius 2 is 2.06 bits per heavy atom. The van der Waals surface area contributed by atoms with Crippen LogP contribution in [0.5, 0.6) is 0 Å². The summed E-state index contributed by atoms with van der Waals surface area (Å²) in [5.41, 5.74) is 2.13. The SMILES string of the molecule is CC(=O)Nc1ccc(C)c(NCCS(=O)(=O)F)c1. The molecule has 5 nitrogen and oxygen atoms in total. The van der Waals surface area contributed by atoms with Crippen molar-refractivity contribution in [2.24, 2.45) is 0 Å². The highest BCUT2D eigenvalue weighted by Gasteiger charge is 2.07. The first-order valence-corrected chi connectivity index (χ1v) is 6.87. The predicted molar refractivity (Wildman–Crippen MR) is 68.9 cm³/mol. The van der Waals surface area contributed by atoms with Gasteiger partial charge in [-0.3, -0.25) is 4.79 Å². The maximum absolute atomic E-state index is 12.3. The lowest BCUT2D eigenvalue weighted by atomic mass is 10.2. The number of nitrogens with one attached hydrogen (secondary N) is 2. The van der Waals surface area contributed by atoms with Gasteiger partial charge in [0, 0.05) is 24.8 Å². The Labute approximate surface area is 106 Å². The molecule has 0 aliphatic rings. The second kappa shape index (κ2) is 5.81. The number of benzene rings is 1. The van der Waals surface area contributed by atoms with Crippen LogP contribution in [0.4, 0.5) is 15.3 Å². The molecule has 0 radical (unpaired) electrons. The fourth-order valence-electron chi connectivity index (χ4n) is 1.40. The van der Waals surface area contributed by atoms with Crippen LogP contribution >= 0.6 is 0 Å². The first-order chi connectivity index (χ1) is 8.28. The standard InChI is InChI=1S/C11H15FN2O3S/c1-8-3-4-10(14-9(2)15)7-11(8)13-5-6-18(12,16)17/h3-4,7,13H,5-6H2,1-2H3,(H,14,15). The minimum absolute atomic E-state index is 0.0246. The molecule has 1 aromatic rings. The lowest BCUT2D eigenvalue weighted by Gasteiger charge is -2.11. The molecule has 1 amide bonds. The number of hydrogen-bond donors (Lipinski definition) is 2. The minimum atomic E-state index is -4.47. The van der Waals surface area contributed by atoms with Crippen molar-refractivity contribution in [2.45, 2.75) is 13.8 Å². The second-order valence-corrected chi connectivity index (χ2v) is 5.37.